The third kappa shape index (κ3) is 6.44. The van der Waals surface area contributed by atoms with Crippen LogP contribution in [0.3, 0.4) is 0 Å². The zero-order chi connectivity index (χ0) is 22.2. The lowest BCUT2D eigenvalue weighted by Crippen LogP contribution is -2.53. The average molecular weight is 453 g/mol. The summed E-state index contributed by atoms with van der Waals surface area (Å²) in [6.45, 7) is 6.01. The van der Waals surface area contributed by atoms with E-state index in [1.54, 1.807) is 11.8 Å². The van der Waals surface area contributed by atoms with E-state index in [4.69, 9.17) is 4.74 Å². The molecule has 0 unspecified atom stereocenters. The van der Waals surface area contributed by atoms with Gasteiger partial charge in [0.1, 0.15) is 6.04 Å². The number of nitrogens with one attached hydrogen (secondary N) is 2. The van der Waals surface area contributed by atoms with Crippen molar-refractivity contribution < 1.29 is 19.1 Å². The predicted octanol–water partition coefficient (Wildman–Crippen LogP) is 2.28. The Balaban J connectivity index is 1.66. The third-order valence-electron chi connectivity index (χ3n) is 6.59. The van der Waals surface area contributed by atoms with Crippen LogP contribution in [0.25, 0.3) is 0 Å². The first kappa shape index (κ1) is 24.0. The molecule has 1 aliphatic carbocycles. The van der Waals surface area contributed by atoms with Crippen LogP contribution >= 0.6 is 11.8 Å². The number of amidine groups is 1. The Morgan fingerprint density at radius 3 is 2.45 bits per heavy atom. The summed E-state index contributed by atoms with van der Waals surface area (Å²) in [5, 5.41) is 7.88. The van der Waals surface area contributed by atoms with Crippen LogP contribution in [0.5, 0.6) is 0 Å². The Morgan fingerprint density at radius 2 is 1.81 bits per heavy atom. The highest BCUT2D eigenvalue weighted by Crippen LogP contribution is 2.25. The lowest BCUT2D eigenvalue weighted by atomic mass is 9.87. The van der Waals surface area contributed by atoms with Crippen molar-refractivity contribution in [1.29, 1.82) is 0 Å². The quantitative estimate of drug-likeness (QED) is 0.349. The summed E-state index contributed by atoms with van der Waals surface area (Å²) < 4.78 is 5.42. The van der Waals surface area contributed by atoms with Gasteiger partial charge in [0.25, 0.3) is 0 Å². The number of hydrogen-bond acceptors (Lipinski definition) is 6. The molecule has 2 atom stereocenters. The number of hydrazone groups is 1. The van der Waals surface area contributed by atoms with Gasteiger partial charge in [-0.15, -0.1) is 5.10 Å². The Bertz CT molecular complexity index is 672. The van der Waals surface area contributed by atoms with Crippen LogP contribution < -0.4 is 10.7 Å². The maximum absolute atomic E-state index is 13.1. The van der Waals surface area contributed by atoms with E-state index in [-0.39, 0.29) is 17.7 Å². The molecule has 0 aromatic heterocycles. The summed E-state index contributed by atoms with van der Waals surface area (Å²) in [5.41, 5.74) is 2.45. The molecule has 3 aliphatic rings. The van der Waals surface area contributed by atoms with Crippen molar-refractivity contribution in [3.05, 3.63) is 0 Å². The molecule has 0 spiro atoms. The summed E-state index contributed by atoms with van der Waals surface area (Å²) >= 11 is 1.57. The van der Waals surface area contributed by atoms with Crippen molar-refractivity contribution in [2.45, 2.75) is 77.3 Å². The molecule has 9 heteroatoms. The topological polar surface area (TPSA) is 100 Å². The summed E-state index contributed by atoms with van der Waals surface area (Å²) in [5.74, 6) is -0.738. The number of amides is 2. The summed E-state index contributed by atoms with van der Waals surface area (Å²) in [4.78, 5) is 40.8. The van der Waals surface area contributed by atoms with E-state index >= 15 is 0 Å². The molecule has 1 saturated carbocycles. The maximum atomic E-state index is 13.1. The van der Waals surface area contributed by atoms with E-state index in [1.165, 1.54) is 0 Å². The molecule has 0 aromatic carbocycles. The van der Waals surface area contributed by atoms with Gasteiger partial charge < -0.3 is 15.0 Å². The highest BCUT2D eigenvalue weighted by molar-refractivity contribution is 8.14. The summed E-state index contributed by atoms with van der Waals surface area (Å²) in [6.07, 6.45) is 7.39. The van der Waals surface area contributed by atoms with Crippen molar-refractivity contribution >= 4 is 34.5 Å². The van der Waals surface area contributed by atoms with Gasteiger partial charge >= 0.3 is 5.91 Å². The molecule has 3 rings (SSSR count). The molecule has 8 nitrogen and oxygen atoms in total. The standard InChI is InChI=1S/C22H36N4O4S/c1-3-26-15(2)14-31-22(26)25-24-21(29)19(27)18(16-10-12-30-13-11-16)23-20(28)17-8-6-4-5-7-9-17/h15-18H,3-14H2,1-2H3,(H,23,28)(H,24,29)/t15-,18-/m0/s1. The van der Waals surface area contributed by atoms with Crippen molar-refractivity contribution in [3.8, 4) is 0 Å². The van der Waals surface area contributed by atoms with Gasteiger partial charge in [0, 0.05) is 37.5 Å². The number of ether oxygens (including phenoxy) is 1. The second-order valence-electron chi connectivity index (χ2n) is 8.77. The van der Waals surface area contributed by atoms with Crippen molar-refractivity contribution in [2.75, 3.05) is 25.5 Å². The summed E-state index contributed by atoms with van der Waals surface area (Å²) in [7, 11) is 0. The zero-order valence-corrected chi connectivity index (χ0v) is 19.5. The zero-order valence-electron chi connectivity index (χ0n) is 18.7. The van der Waals surface area contributed by atoms with Crippen LogP contribution in [0.2, 0.25) is 0 Å². The number of carbonyl (C=O) groups is 3. The molecule has 2 N–H and O–H groups in total. The molecule has 2 heterocycles. The van der Waals surface area contributed by atoms with Crippen LogP contribution in [-0.2, 0) is 19.1 Å². The minimum atomic E-state index is -0.822. The molecule has 2 aliphatic heterocycles. The molecule has 3 fully saturated rings. The molecule has 0 bridgehead atoms. The fourth-order valence-corrected chi connectivity index (χ4v) is 5.81. The van der Waals surface area contributed by atoms with Crippen LogP contribution in [0, 0.1) is 11.8 Å². The SMILES string of the molecule is CCN1C(=NNC(=O)C(=O)[C@@H](NC(=O)C2CCCCCC2)C2CCOCC2)SC[C@@H]1C. The van der Waals surface area contributed by atoms with Gasteiger partial charge in [-0.05, 0) is 45.4 Å². The molecule has 2 saturated heterocycles. The van der Waals surface area contributed by atoms with E-state index in [9.17, 15) is 14.4 Å². The first-order valence-electron chi connectivity index (χ1n) is 11.7. The lowest BCUT2D eigenvalue weighted by Gasteiger charge is -2.30. The van der Waals surface area contributed by atoms with Gasteiger partial charge in [-0.25, -0.2) is 5.43 Å². The molecule has 2 amide bonds. The minimum absolute atomic E-state index is 0.0737. The van der Waals surface area contributed by atoms with Gasteiger partial charge in [-0.3, -0.25) is 14.4 Å². The normalized spacial score (nSPS) is 25.8. The van der Waals surface area contributed by atoms with Crippen LogP contribution in [0.15, 0.2) is 5.10 Å². The molecular weight excluding hydrogens is 416 g/mol. The second kappa shape index (κ2) is 11.9. The van der Waals surface area contributed by atoms with E-state index in [1.807, 2.05) is 6.92 Å². The van der Waals surface area contributed by atoms with Gasteiger partial charge in [0.05, 0.1) is 0 Å². The molecular formula is C22H36N4O4S. The predicted molar refractivity (Wildman–Crippen MR) is 122 cm³/mol. The molecule has 174 valence electrons. The van der Waals surface area contributed by atoms with Crippen LogP contribution in [0.4, 0.5) is 0 Å². The average Bonchev–Trinajstić information content (AvgIpc) is 2.96. The Hall–Kier alpha value is -1.61. The van der Waals surface area contributed by atoms with E-state index in [2.05, 4.69) is 27.7 Å². The lowest BCUT2D eigenvalue weighted by molar-refractivity contribution is -0.142. The Kier molecular flexibility index (Phi) is 9.19. The van der Waals surface area contributed by atoms with Gasteiger partial charge in [0.15, 0.2) is 5.17 Å². The highest BCUT2D eigenvalue weighted by atomic mass is 32.2. The second-order valence-corrected chi connectivity index (χ2v) is 9.76. The monoisotopic (exact) mass is 452 g/mol. The van der Waals surface area contributed by atoms with Gasteiger partial charge in [-0.1, -0.05) is 37.4 Å². The maximum Gasteiger partial charge on any atom is 0.309 e. The molecule has 31 heavy (non-hydrogen) atoms. The van der Waals surface area contributed by atoms with Crippen molar-refractivity contribution in [3.63, 3.8) is 0 Å². The van der Waals surface area contributed by atoms with E-state index in [0.717, 1.165) is 56.0 Å². The first-order chi connectivity index (χ1) is 15.0. The number of hydrogen-bond donors (Lipinski definition) is 2. The Labute approximate surface area is 189 Å². The van der Waals surface area contributed by atoms with E-state index < -0.39 is 17.7 Å². The fraction of sp³-hybridized carbons (Fsp3) is 0.818. The smallest absolute Gasteiger partial charge is 0.309 e. The number of ketones is 1. The first-order valence-corrected chi connectivity index (χ1v) is 12.7. The van der Waals surface area contributed by atoms with Crippen molar-refractivity contribution in [1.82, 2.24) is 15.6 Å². The fourth-order valence-electron chi connectivity index (χ4n) is 4.65. The van der Waals surface area contributed by atoms with Crippen LogP contribution in [0.1, 0.15) is 65.2 Å². The number of nitrogens with zero attached hydrogens (tertiary/aromatic N) is 2. The molecule has 0 aromatic rings. The number of carbonyl (C=O) groups excluding carboxylic acids is 3. The highest BCUT2D eigenvalue weighted by Gasteiger charge is 2.36. The third-order valence-corrected chi connectivity index (χ3v) is 7.83. The number of Topliss-reactive ketones (excluding diaryl/α,β-unsaturated/α-hetero) is 1. The van der Waals surface area contributed by atoms with Crippen molar-refractivity contribution in [2.24, 2.45) is 16.9 Å². The number of rotatable bonds is 7. The van der Waals surface area contributed by atoms with Crippen LogP contribution in [-0.4, -0.2) is 65.3 Å². The minimum Gasteiger partial charge on any atom is -0.381 e. The van der Waals surface area contributed by atoms with Gasteiger partial charge in [0.2, 0.25) is 11.7 Å². The van der Waals surface area contributed by atoms with E-state index in [0.29, 0.717) is 32.1 Å². The Morgan fingerprint density at radius 1 is 1.13 bits per heavy atom. The molecule has 0 radical (unpaired) electrons. The number of thioether (sulfide) groups is 1. The summed E-state index contributed by atoms with van der Waals surface area (Å²) in [6, 6.07) is -0.479. The largest absolute Gasteiger partial charge is 0.381 e. The van der Waals surface area contributed by atoms with Gasteiger partial charge in [-0.2, -0.15) is 0 Å².